The number of carbonyl (C=O) groups is 1. The van der Waals surface area contributed by atoms with E-state index in [1.165, 1.54) is 5.56 Å². The molecule has 0 unspecified atom stereocenters. The summed E-state index contributed by atoms with van der Waals surface area (Å²) in [6.45, 7) is 5.01. The Balaban J connectivity index is 1.13. The number of nitrogens with two attached hydrogens (primary N) is 1. The van der Waals surface area contributed by atoms with E-state index >= 15 is 0 Å². The molecule has 4 aromatic rings. The number of H-pyrrole nitrogens is 1. The number of aryl methyl sites for hydroxylation is 1. The van der Waals surface area contributed by atoms with E-state index in [1.807, 2.05) is 18.2 Å². The lowest BCUT2D eigenvalue weighted by atomic mass is 10.1. The number of nitrogens with one attached hydrogen (secondary N) is 1. The average molecular weight is 444 g/mol. The zero-order valence-electron chi connectivity index (χ0n) is 18.2. The molecule has 0 atom stereocenters. The predicted octanol–water partition coefficient (Wildman–Crippen LogP) is 4.00. The molecule has 5 rings (SSSR count). The largest absolute Gasteiger partial charge is 0.425 e. The molecule has 3 heterocycles. The molecule has 1 saturated heterocycles. The minimum absolute atomic E-state index is 0.111. The Bertz CT molecular complexity index is 1340. The van der Waals surface area contributed by atoms with Gasteiger partial charge < -0.3 is 24.8 Å². The number of aromatic amines is 1. The van der Waals surface area contributed by atoms with Crippen LogP contribution in [-0.2, 0) is 6.42 Å². The highest BCUT2D eigenvalue weighted by Gasteiger charge is 2.18. The second-order valence-electron chi connectivity index (χ2n) is 8.33. The third kappa shape index (κ3) is 4.49. The molecule has 1 amide bonds. The number of aromatic nitrogens is 1. The predicted molar refractivity (Wildman–Crippen MR) is 126 cm³/mol. The van der Waals surface area contributed by atoms with Gasteiger partial charge in [-0.2, -0.15) is 5.26 Å². The van der Waals surface area contributed by atoms with Crippen molar-refractivity contribution in [2.24, 2.45) is 5.73 Å². The molecule has 1 aliphatic rings. The lowest BCUT2D eigenvalue weighted by Gasteiger charge is -2.36. The first kappa shape index (κ1) is 20.9. The van der Waals surface area contributed by atoms with Crippen molar-refractivity contribution >= 4 is 33.7 Å². The number of fused-ring (bicyclic) bond motifs is 2. The van der Waals surface area contributed by atoms with Crippen LogP contribution in [0.15, 0.2) is 53.1 Å². The molecule has 168 valence electrons. The van der Waals surface area contributed by atoms with Gasteiger partial charge in [-0.15, -0.1) is 0 Å². The average Bonchev–Trinajstić information content (AvgIpc) is 3.41. The number of carbonyl (C=O) groups excluding carboxylic acids is 1. The first-order valence-electron chi connectivity index (χ1n) is 11.1. The molecule has 0 spiro atoms. The fraction of sp³-hybridized carbons (Fsp3) is 0.280. The number of primary amides is 1. The van der Waals surface area contributed by atoms with E-state index in [-0.39, 0.29) is 5.95 Å². The van der Waals surface area contributed by atoms with Crippen molar-refractivity contribution in [1.29, 1.82) is 5.26 Å². The molecule has 0 saturated carbocycles. The highest BCUT2D eigenvalue weighted by molar-refractivity contribution is 5.86. The third-order valence-corrected chi connectivity index (χ3v) is 6.22. The van der Waals surface area contributed by atoms with Gasteiger partial charge in [-0.3, -0.25) is 4.90 Å². The summed E-state index contributed by atoms with van der Waals surface area (Å²) in [6.07, 6.45) is 3.00. The molecule has 0 radical (unpaired) electrons. The molecule has 0 aliphatic carbocycles. The second kappa shape index (κ2) is 8.88. The zero-order chi connectivity index (χ0) is 22.8. The van der Waals surface area contributed by atoms with Crippen LogP contribution >= 0.6 is 0 Å². The van der Waals surface area contributed by atoms with Crippen molar-refractivity contribution in [2.45, 2.75) is 12.8 Å². The number of hydrogen-bond acceptors (Lipinski definition) is 6. The number of nitriles is 1. The van der Waals surface area contributed by atoms with Crippen LogP contribution in [0.2, 0.25) is 0 Å². The van der Waals surface area contributed by atoms with Gasteiger partial charge >= 0.3 is 6.09 Å². The summed E-state index contributed by atoms with van der Waals surface area (Å²) in [5, 5.41) is 11.0. The van der Waals surface area contributed by atoms with E-state index in [4.69, 9.17) is 20.1 Å². The summed E-state index contributed by atoms with van der Waals surface area (Å²) in [5.74, 6) is 0.111. The Labute approximate surface area is 191 Å². The van der Waals surface area contributed by atoms with E-state index in [0.29, 0.717) is 11.1 Å². The molecule has 33 heavy (non-hydrogen) atoms. The van der Waals surface area contributed by atoms with Crippen molar-refractivity contribution in [1.82, 2.24) is 9.88 Å². The Morgan fingerprint density at radius 2 is 2.00 bits per heavy atom. The number of ether oxygens (including phenoxy) is 1. The SMILES string of the molecule is N#Cc1c[nH]c2cc(CCCN3CCN(c4ccc5oc(OC(N)=O)cc5c4)CC3)ccc12. The topological polar surface area (TPSA) is 112 Å². The van der Waals surface area contributed by atoms with Gasteiger partial charge in [0.25, 0.3) is 5.95 Å². The first-order chi connectivity index (χ1) is 16.1. The van der Waals surface area contributed by atoms with Crippen molar-refractivity contribution in [3.63, 3.8) is 0 Å². The summed E-state index contributed by atoms with van der Waals surface area (Å²) >= 11 is 0. The summed E-state index contributed by atoms with van der Waals surface area (Å²) in [5.41, 5.74) is 9.86. The van der Waals surface area contributed by atoms with E-state index in [0.717, 1.165) is 67.5 Å². The number of furan rings is 1. The highest BCUT2D eigenvalue weighted by atomic mass is 16.6. The Morgan fingerprint density at radius 1 is 1.15 bits per heavy atom. The van der Waals surface area contributed by atoms with Crippen LogP contribution in [0.4, 0.5) is 10.5 Å². The van der Waals surface area contributed by atoms with Crippen LogP contribution in [0.25, 0.3) is 21.9 Å². The fourth-order valence-corrected chi connectivity index (χ4v) is 4.51. The number of amides is 1. The molecule has 8 nitrogen and oxygen atoms in total. The second-order valence-corrected chi connectivity index (χ2v) is 8.33. The fourth-order valence-electron chi connectivity index (χ4n) is 4.51. The molecule has 8 heteroatoms. The monoisotopic (exact) mass is 443 g/mol. The standard InChI is InChI=1S/C25H25N5O3/c26-15-19-16-28-22-12-17(3-5-21(19)22)2-1-7-29-8-10-30(11-9-29)20-4-6-23-18(13-20)14-24(32-23)33-25(27)31/h3-6,12-14,16,28H,1-2,7-11H2,(H2,27,31). The van der Waals surface area contributed by atoms with Gasteiger partial charge in [0, 0.05) is 60.4 Å². The molecule has 0 bridgehead atoms. The summed E-state index contributed by atoms with van der Waals surface area (Å²) in [4.78, 5) is 19.0. The molecular weight excluding hydrogens is 418 g/mol. The molecule has 1 fully saturated rings. The summed E-state index contributed by atoms with van der Waals surface area (Å²) in [7, 11) is 0. The lowest BCUT2D eigenvalue weighted by molar-refractivity contribution is 0.199. The van der Waals surface area contributed by atoms with E-state index in [1.54, 1.807) is 12.3 Å². The van der Waals surface area contributed by atoms with Gasteiger partial charge in [0.15, 0.2) is 0 Å². The van der Waals surface area contributed by atoms with Crippen molar-refractivity contribution in [2.75, 3.05) is 37.6 Å². The van der Waals surface area contributed by atoms with Gasteiger partial charge in [0.2, 0.25) is 0 Å². The normalized spacial score (nSPS) is 14.6. The molecule has 3 N–H and O–H groups in total. The van der Waals surface area contributed by atoms with Crippen LogP contribution in [0.1, 0.15) is 17.5 Å². The Morgan fingerprint density at radius 3 is 2.79 bits per heavy atom. The lowest BCUT2D eigenvalue weighted by Crippen LogP contribution is -2.46. The third-order valence-electron chi connectivity index (χ3n) is 6.22. The Hall–Kier alpha value is -3.96. The number of nitrogens with zero attached hydrogens (tertiary/aromatic N) is 3. The van der Waals surface area contributed by atoms with Gasteiger partial charge in [0.1, 0.15) is 11.7 Å². The van der Waals surface area contributed by atoms with Gasteiger partial charge in [-0.05, 0) is 49.2 Å². The molecule has 1 aliphatic heterocycles. The van der Waals surface area contributed by atoms with Crippen molar-refractivity contribution in [3.05, 3.63) is 59.8 Å². The van der Waals surface area contributed by atoms with E-state index in [2.05, 4.69) is 39.1 Å². The van der Waals surface area contributed by atoms with Gasteiger partial charge in [-0.25, -0.2) is 4.79 Å². The Kier molecular flexibility index (Phi) is 5.63. The number of anilines is 1. The number of benzene rings is 2. The minimum Gasteiger partial charge on any atom is -0.425 e. The highest BCUT2D eigenvalue weighted by Crippen LogP contribution is 2.29. The quantitative estimate of drug-likeness (QED) is 0.466. The molecular formula is C25H25N5O3. The van der Waals surface area contributed by atoms with E-state index < -0.39 is 6.09 Å². The number of hydrogen-bond donors (Lipinski definition) is 2. The molecule has 2 aromatic heterocycles. The van der Waals surface area contributed by atoms with Crippen LogP contribution in [0.5, 0.6) is 5.95 Å². The smallest absolute Gasteiger partial charge is 0.412 e. The molecule has 2 aromatic carbocycles. The maximum atomic E-state index is 10.9. The maximum Gasteiger partial charge on any atom is 0.412 e. The first-order valence-corrected chi connectivity index (χ1v) is 11.1. The van der Waals surface area contributed by atoms with Crippen molar-refractivity contribution < 1.29 is 13.9 Å². The van der Waals surface area contributed by atoms with Gasteiger partial charge in [0.05, 0.1) is 5.56 Å². The van der Waals surface area contributed by atoms with Crippen LogP contribution in [0.3, 0.4) is 0 Å². The number of rotatable bonds is 6. The van der Waals surface area contributed by atoms with Crippen LogP contribution < -0.4 is 15.4 Å². The zero-order valence-corrected chi connectivity index (χ0v) is 18.2. The van der Waals surface area contributed by atoms with Crippen LogP contribution in [0, 0.1) is 11.3 Å². The minimum atomic E-state index is -0.886. The maximum absolute atomic E-state index is 10.9. The summed E-state index contributed by atoms with van der Waals surface area (Å²) < 4.78 is 10.3. The van der Waals surface area contributed by atoms with Gasteiger partial charge in [-0.1, -0.05) is 12.1 Å². The summed E-state index contributed by atoms with van der Waals surface area (Å²) in [6, 6.07) is 16.2. The van der Waals surface area contributed by atoms with Crippen molar-refractivity contribution in [3.8, 4) is 12.0 Å². The van der Waals surface area contributed by atoms with E-state index in [9.17, 15) is 4.79 Å². The van der Waals surface area contributed by atoms with Crippen LogP contribution in [-0.4, -0.2) is 48.7 Å². The number of piperazine rings is 1.